The number of phenols is 2. The Balaban J connectivity index is 2.32. The number of aliphatic hydroxyl groups is 1. The standard InChI is InChI=1S/C20H13Cl2NO3/c21-15-8-11(4-6-17(15)24)13-2-1-3-14(19(26)10-23)20(13)12-5-7-18(25)16(22)9-12/h1-9,19,24-26H. The van der Waals surface area contributed by atoms with E-state index in [1.165, 1.54) is 12.1 Å². The fraction of sp³-hybridized carbons (Fsp3) is 0.0500. The Morgan fingerprint density at radius 1 is 0.846 bits per heavy atom. The number of aromatic hydroxyl groups is 2. The number of nitriles is 1. The number of phenolic OH excluding ortho intramolecular Hbond substituents is 2. The summed E-state index contributed by atoms with van der Waals surface area (Å²) in [5.74, 6) is -0.110. The third-order valence-corrected chi connectivity index (χ3v) is 4.61. The SMILES string of the molecule is N#CC(O)c1cccc(-c2ccc(O)c(Cl)c2)c1-c1ccc(O)c(Cl)c1. The number of nitrogens with zero attached hydrogens (tertiary/aromatic N) is 1. The van der Waals surface area contributed by atoms with E-state index < -0.39 is 6.10 Å². The molecule has 1 atom stereocenters. The van der Waals surface area contributed by atoms with Crippen LogP contribution in [-0.2, 0) is 0 Å². The molecule has 26 heavy (non-hydrogen) atoms. The summed E-state index contributed by atoms with van der Waals surface area (Å²) >= 11 is 12.1. The predicted octanol–water partition coefficient (Wildman–Crippen LogP) is 5.30. The maximum atomic E-state index is 10.2. The Morgan fingerprint density at radius 2 is 1.42 bits per heavy atom. The lowest BCUT2D eigenvalue weighted by molar-refractivity contribution is 0.236. The van der Waals surface area contributed by atoms with Crippen LogP contribution in [0.5, 0.6) is 11.5 Å². The lowest BCUT2D eigenvalue weighted by Gasteiger charge is -2.17. The minimum atomic E-state index is -1.34. The summed E-state index contributed by atoms with van der Waals surface area (Å²) in [6.45, 7) is 0. The first-order valence-electron chi connectivity index (χ1n) is 7.60. The Hall–Kier alpha value is -2.71. The van der Waals surface area contributed by atoms with Gasteiger partial charge in [0.2, 0.25) is 0 Å². The van der Waals surface area contributed by atoms with Gasteiger partial charge in [0, 0.05) is 5.56 Å². The zero-order valence-corrected chi connectivity index (χ0v) is 14.8. The van der Waals surface area contributed by atoms with Crippen molar-refractivity contribution in [1.82, 2.24) is 0 Å². The molecule has 0 amide bonds. The topological polar surface area (TPSA) is 84.5 Å². The van der Waals surface area contributed by atoms with Gasteiger partial charge >= 0.3 is 0 Å². The highest BCUT2D eigenvalue weighted by Gasteiger charge is 2.19. The van der Waals surface area contributed by atoms with E-state index in [2.05, 4.69) is 0 Å². The summed E-state index contributed by atoms with van der Waals surface area (Å²) in [6.07, 6.45) is -1.34. The molecule has 3 aromatic carbocycles. The Kier molecular flexibility index (Phi) is 5.06. The summed E-state index contributed by atoms with van der Waals surface area (Å²) < 4.78 is 0. The van der Waals surface area contributed by atoms with Crippen LogP contribution in [0.3, 0.4) is 0 Å². The van der Waals surface area contributed by atoms with Crippen LogP contribution in [0.4, 0.5) is 0 Å². The van der Waals surface area contributed by atoms with Crippen molar-refractivity contribution in [2.75, 3.05) is 0 Å². The van der Waals surface area contributed by atoms with E-state index in [1.807, 2.05) is 12.1 Å². The maximum absolute atomic E-state index is 10.2. The first-order valence-corrected chi connectivity index (χ1v) is 8.36. The molecule has 6 heteroatoms. The quantitative estimate of drug-likeness (QED) is 0.534. The molecule has 0 spiro atoms. The van der Waals surface area contributed by atoms with Gasteiger partial charge in [-0.25, -0.2) is 0 Å². The van der Waals surface area contributed by atoms with Gasteiger partial charge in [0.05, 0.1) is 16.1 Å². The second-order valence-corrected chi connectivity index (χ2v) is 6.45. The number of rotatable bonds is 3. The number of hydrogen-bond acceptors (Lipinski definition) is 4. The van der Waals surface area contributed by atoms with E-state index in [-0.39, 0.29) is 21.5 Å². The summed E-state index contributed by atoms with van der Waals surface area (Å²) in [5, 5.41) is 39.0. The fourth-order valence-electron chi connectivity index (χ4n) is 2.77. The molecule has 0 radical (unpaired) electrons. The zero-order valence-electron chi connectivity index (χ0n) is 13.3. The fourth-order valence-corrected chi connectivity index (χ4v) is 3.13. The lowest BCUT2D eigenvalue weighted by Crippen LogP contribution is -1.99. The van der Waals surface area contributed by atoms with Crippen molar-refractivity contribution in [3.8, 4) is 39.8 Å². The molecule has 1 unspecified atom stereocenters. The Bertz CT molecular complexity index is 1030. The summed E-state index contributed by atoms with van der Waals surface area (Å²) in [4.78, 5) is 0. The van der Waals surface area contributed by atoms with E-state index in [0.29, 0.717) is 27.8 Å². The van der Waals surface area contributed by atoms with Crippen molar-refractivity contribution >= 4 is 23.2 Å². The Labute approximate surface area is 160 Å². The summed E-state index contributed by atoms with van der Waals surface area (Å²) in [5.41, 5.74) is 3.00. The monoisotopic (exact) mass is 385 g/mol. The molecule has 0 aliphatic rings. The van der Waals surface area contributed by atoms with Crippen molar-refractivity contribution in [2.45, 2.75) is 6.10 Å². The second-order valence-electron chi connectivity index (χ2n) is 5.63. The highest BCUT2D eigenvalue weighted by molar-refractivity contribution is 6.32. The van der Waals surface area contributed by atoms with Gasteiger partial charge in [-0.3, -0.25) is 0 Å². The first-order chi connectivity index (χ1) is 12.4. The van der Waals surface area contributed by atoms with Crippen LogP contribution in [0.25, 0.3) is 22.3 Å². The highest BCUT2D eigenvalue weighted by Crippen LogP contribution is 2.41. The van der Waals surface area contributed by atoms with Crippen molar-refractivity contribution < 1.29 is 15.3 Å². The van der Waals surface area contributed by atoms with E-state index in [1.54, 1.807) is 36.4 Å². The molecule has 0 heterocycles. The highest BCUT2D eigenvalue weighted by atomic mass is 35.5. The third-order valence-electron chi connectivity index (χ3n) is 4.01. The lowest BCUT2D eigenvalue weighted by atomic mass is 9.88. The van der Waals surface area contributed by atoms with Gasteiger partial charge in [-0.15, -0.1) is 0 Å². The number of benzene rings is 3. The van der Waals surface area contributed by atoms with Crippen molar-refractivity contribution in [1.29, 1.82) is 5.26 Å². The molecule has 0 saturated carbocycles. The zero-order chi connectivity index (χ0) is 18.8. The van der Waals surface area contributed by atoms with Crippen LogP contribution in [0, 0.1) is 11.3 Å². The molecule has 0 aromatic heterocycles. The average Bonchev–Trinajstić information content (AvgIpc) is 2.65. The van der Waals surface area contributed by atoms with Crippen LogP contribution < -0.4 is 0 Å². The molecule has 0 aliphatic carbocycles. The molecule has 3 N–H and O–H groups in total. The molecular formula is C20H13Cl2NO3. The number of hydrogen-bond donors (Lipinski definition) is 3. The second kappa shape index (κ2) is 7.27. The van der Waals surface area contributed by atoms with Crippen LogP contribution in [-0.4, -0.2) is 15.3 Å². The van der Waals surface area contributed by atoms with E-state index in [4.69, 9.17) is 23.2 Å². The van der Waals surface area contributed by atoms with Gasteiger partial charge in [0.15, 0.2) is 6.10 Å². The molecule has 0 saturated heterocycles. The minimum Gasteiger partial charge on any atom is -0.506 e. The van der Waals surface area contributed by atoms with Gasteiger partial charge in [0.1, 0.15) is 11.5 Å². The average molecular weight is 386 g/mol. The molecule has 0 fully saturated rings. The van der Waals surface area contributed by atoms with Crippen molar-refractivity contribution in [2.24, 2.45) is 0 Å². The molecular weight excluding hydrogens is 373 g/mol. The van der Waals surface area contributed by atoms with Gasteiger partial charge in [-0.1, -0.05) is 53.5 Å². The van der Waals surface area contributed by atoms with Crippen molar-refractivity contribution in [3.63, 3.8) is 0 Å². The largest absolute Gasteiger partial charge is 0.506 e. The van der Waals surface area contributed by atoms with Crippen LogP contribution in [0.1, 0.15) is 11.7 Å². The van der Waals surface area contributed by atoms with Crippen LogP contribution >= 0.6 is 23.2 Å². The molecule has 0 bridgehead atoms. The van der Waals surface area contributed by atoms with E-state index >= 15 is 0 Å². The maximum Gasteiger partial charge on any atom is 0.166 e. The van der Waals surface area contributed by atoms with Crippen LogP contribution in [0.2, 0.25) is 10.0 Å². The molecule has 3 aromatic rings. The summed E-state index contributed by atoms with van der Waals surface area (Å²) in [6, 6.07) is 16.4. The van der Waals surface area contributed by atoms with Crippen LogP contribution in [0.15, 0.2) is 54.6 Å². The molecule has 4 nitrogen and oxygen atoms in total. The first kappa shape index (κ1) is 18.1. The predicted molar refractivity (Wildman–Crippen MR) is 101 cm³/mol. The molecule has 3 rings (SSSR count). The van der Waals surface area contributed by atoms with Gasteiger partial charge in [-0.05, 0) is 46.5 Å². The smallest absolute Gasteiger partial charge is 0.166 e. The van der Waals surface area contributed by atoms with Gasteiger partial charge < -0.3 is 15.3 Å². The van der Waals surface area contributed by atoms with Crippen molar-refractivity contribution in [3.05, 3.63) is 70.2 Å². The van der Waals surface area contributed by atoms with E-state index in [9.17, 15) is 20.6 Å². The summed E-state index contributed by atoms with van der Waals surface area (Å²) in [7, 11) is 0. The number of aliphatic hydroxyl groups excluding tert-OH is 1. The molecule has 0 aliphatic heterocycles. The minimum absolute atomic E-state index is 0.0436. The third kappa shape index (κ3) is 3.33. The van der Waals surface area contributed by atoms with Gasteiger partial charge in [-0.2, -0.15) is 5.26 Å². The Morgan fingerprint density at radius 3 is 2.00 bits per heavy atom. The van der Waals surface area contributed by atoms with Gasteiger partial charge in [0.25, 0.3) is 0 Å². The normalized spacial score (nSPS) is 11.8. The van der Waals surface area contributed by atoms with E-state index in [0.717, 1.165) is 0 Å². The number of halogens is 2. The molecule has 130 valence electrons.